The highest BCUT2D eigenvalue weighted by Gasteiger charge is 2.44. The van der Waals surface area contributed by atoms with Gasteiger partial charge < -0.3 is 5.43 Å². The summed E-state index contributed by atoms with van der Waals surface area (Å²) in [4.78, 5) is 7.75. The maximum atomic E-state index is 8.54. The lowest BCUT2D eigenvalue weighted by Gasteiger charge is -2.46. The molecule has 0 radical (unpaired) electrons. The van der Waals surface area contributed by atoms with Crippen LogP contribution in [0.2, 0.25) is 10.0 Å². The summed E-state index contributed by atoms with van der Waals surface area (Å²) in [5.74, 6) is 7.52. The second kappa shape index (κ2) is 9.98. The Morgan fingerprint density at radius 3 is 2.56 bits per heavy atom. The molecule has 0 aromatic heterocycles. The van der Waals surface area contributed by atoms with Gasteiger partial charge in [-0.1, -0.05) is 78.3 Å². The van der Waals surface area contributed by atoms with E-state index in [1.54, 1.807) is 12.1 Å². The molecule has 0 amide bonds. The zero-order valence-corrected chi connectivity index (χ0v) is 19.2. The normalized spacial score (nSPS) is 17.2. The molecule has 1 heterocycles. The van der Waals surface area contributed by atoms with Crippen molar-refractivity contribution in [1.82, 2.24) is 10.9 Å². The molecule has 1 aliphatic carbocycles. The van der Waals surface area contributed by atoms with Crippen LogP contribution < -0.4 is 21.7 Å². The molecule has 1 spiro atoms. The van der Waals surface area contributed by atoms with Gasteiger partial charge >= 0.3 is 0 Å². The van der Waals surface area contributed by atoms with Crippen molar-refractivity contribution in [3.63, 3.8) is 0 Å². The fourth-order valence-corrected chi connectivity index (χ4v) is 4.81. The predicted octanol–water partition coefficient (Wildman–Crippen LogP) is 5.91. The number of nitrogens with two attached hydrogens (primary N) is 1. The fourth-order valence-electron chi connectivity index (χ4n) is 4.49. The van der Waals surface area contributed by atoms with Crippen LogP contribution in [0.25, 0.3) is 10.4 Å². The summed E-state index contributed by atoms with van der Waals surface area (Å²) in [5, 5.41) is 6.37. The molecule has 4 rings (SSSR count). The minimum absolute atomic E-state index is 0.329. The maximum Gasteiger partial charge on any atom is 0.144 e. The number of nitrogens with zero attached hydrogens (tertiary/aromatic N) is 5. The number of hydrogen-bond donors (Lipinski definition) is 3. The summed E-state index contributed by atoms with van der Waals surface area (Å²) in [5.41, 5.74) is 18.3. The number of amidine groups is 1. The molecule has 2 aliphatic rings. The average molecular weight is 473 g/mol. The third-order valence-electron chi connectivity index (χ3n) is 6.15. The molecule has 168 valence electrons. The average Bonchev–Trinajstić information content (AvgIpc) is 3.05. The minimum Gasteiger partial charge on any atom is -0.307 e. The molecular weight excluding hydrogens is 447 g/mol. The van der Waals surface area contributed by atoms with Crippen molar-refractivity contribution >= 4 is 40.4 Å². The SMILES string of the molecule is [N-]=[N+]=NCc1cccc(CNNC2=Nc3cc(Cl)c(Cl)cc3N(N)C23CCCCCC3)c1. The van der Waals surface area contributed by atoms with Gasteiger partial charge in [0.2, 0.25) is 0 Å². The van der Waals surface area contributed by atoms with Gasteiger partial charge in [-0.15, -0.1) is 0 Å². The Morgan fingerprint density at radius 2 is 1.81 bits per heavy atom. The predicted molar refractivity (Wildman–Crippen MR) is 130 cm³/mol. The van der Waals surface area contributed by atoms with Crippen LogP contribution >= 0.6 is 23.2 Å². The molecular formula is C22H26Cl2N8. The van der Waals surface area contributed by atoms with E-state index < -0.39 is 5.54 Å². The highest BCUT2D eigenvalue weighted by molar-refractivity contribution is 6.42. The van der Waals surface area contributed by atoms with Gasteiger partial charge in [-0.05, 0) is 41.6 Å². The van der Waals surface area contributed by atoms with Crippen molar-refractivity contribution in [3.05, 3.63) is 68.0 Å². The van der Waals surface area contributed by atoms with Gasteiger partial charge in [0, 0.05) is 11.5 Å². The summed E-state index contributed by atoms with van der Waals surface area (Å²) >= 11 is 12.5. The Kier molecular flexibility index (Phi) is 7.08. The van der Waals surface area contributed by atoms with Crippen LogP contribution in [0, 0.1) is 0 Å². The van der Waals surface area contributed by atoms with Crippen LogP contribution in [-0.2, 0) is 13.1 Å². The summed E-state index contributed by atoms with van der Waals surface area (Å²) < 4.78 is 0. The molecule has 1 saturated carbocycles. The molecule has 8 nitrogen and oxygen atoms in total. The number of halogens is 2. The van der Waals surface area contributed by atoms with Crippen LogP contribution in [0.3, 0.4) is 0 Å². The Bertz CT molecular complexity index is 1060. The first-order valence-corrected chi connectivity index (χ1v) is 11.5. The smallest absolute Gasteiger partial charge is 0.144 e. The molecule has 1 aliphatic heterocycles. The van der Waals surface area contributed by atoms with E-state index in [-0.39, 0.29) is 0 Å². The summed E-state index contributed by atoms with van der Waals surface area (Å²) in [6.07, 6.45) is 6.32. The first kappa shape index (κ1) is 22.7. The second-order valence-corrected chi connectivity index (χ2v) is 9.03. The molecule has 0 bridgehead atoms. The molecule has 32 heavy (non-hydrogen) atoms. The van der Waals surface area contributed by atoms with Gasteiger partial charge in [0.15, 0.2) is 0 Å². The van der Waals surface area contributed by atoms with E-state index in [2.05, 4.69) is 20.9 Å². The quantitative estimate of drug-likeness (QED) is 0.165. The van der Waals surface area contributed by atoms with Gasteiger partial charge in [0.25, 0.3) is 0 Å². The third kappa shape index (κ3) is 4.65. The van der Waals surface area contributed by atoms with Crippen molar-refractivity contribution < 1.29 is 0 Å². The highest BCUT2D eigenvalue weighted by Crippen LogP contribution is 2.45. The highest BCUT2D eigenvalue weighted by atomic mass is 35.5. The number of rotatable bonds is 5. The number of aliphatic imine (C=N–C) groups is 1. The van der Waals surface area contributed by atoms with Crippen molar-refractivity contribution in [2.24, 2.45) is 15.9 Å². The van der Waals surface area contributed by atoms with Gasteiger partial charge in [0.05, 0.1) is 28.0 Å². The summed E-state index contributed by atoms with van der Waals surface area (Å²) in [7, 11) is 0. The van der Waals surface area contributed by atoms with Gasteiger partial charge in [-0.2, -0.15) is 0 Å². The first-order valence-electron chi connectivity index (χ1n) is 10.7. The lowest BCUT2D eigenvalue weighted by atomic mass is 9.86. The van der Waals surface area contributed by atoms with Crippen molar-refractivity contribution in [1.29, 1.82) is 0 Å². The lowest BCUT2D eigenvalue weighted by Crippen LogP contribution is -2.65. The number of hydrogen-bond acceptors (Lipinski definition) is 6. The van der Waals surface area contributed by atoms with Crippen LogP contribution in [0.4, 0.5) is 11.4 Å². The van der Waals surface area contributed by atoms with Gasteiger partial charge in [0.1, 0.15) is 11.4 Å². The first-order chi connectivity index (χ1) is 15.5. The monoisotopic (exact) mass is 472 g/mol. The third-order valence-corrected chi connectivity index (χ3v) is 6.87. The maximum absolute atomic E-state index is 8.54. The zero-order valence-electron chi connectivity index (χ0n) is 17.7. The number of anilines is 1. The summed E-state index contributed by atoms with van der Waals surface area (Å²) in [6.45, 7) is 0.897. The lowest BCUT2D eigenvalue weighted by molar-refractivity contribution is 0.425. The van der Waals surface area contributed by atoms with E-state index in [0.29, 0.717) is 28.8 Å². The number of hydrazine groups is 2. The van der Waals surface area contributed by atoms with Gasteiger partial charge in [-0.25, -0.2) is 16.3 Å². The molecule has 0 unspecified atom stereocenters. The van der Waals surface area contributed by atoms with E-state index in [4.69, 9.17) is 39.6 Å². The van der Waals surface area contributed by atoms with Crippen LogP contribution in [0.1, 0.15) is 49.7 Å². The van der Waals surface area contributed by atoms with E-state index >= 15 is 0 Å². The molecule has 2 aromatic carbocycles. The minimum atomic E-state index is -0.434. The standard InChI is InChI=1S/C22H26Cl2N8/c23-17-11-19-20(12-18(17)24)32(26)22(8-3-1-2-4-9-22)21(29-19)30-27-13-15-6-5-7-16(10-15)14-28-31-25/h5-7,10-12,27H,1-4,8-9,13-14,26H2,(H,29,30). The van der Waals surface area contributed by atoms with Crippen molar-refractivity contribution in [2.75, 3.05) is 5.01 Å². The molecule has 0 saturated heterocycles. The van der Waals surface area contributed by atoms with Crippen LogP contribution in [0.5, 0.6) is 0 Å². The van der Waals surface area contributed by atoms with E-state index in [1.165, 1.54) is 12.8 Å². The van der Waals surface area contributed by atoms with Crippen LogP contribution in [0.15, 0.2) is 46.5 Å². The summed E-state index contributed by atoms with van der Waals surface area (Å²) in [6, 6.07) is 11.5. The molecule has 0 atom stereocenters. The van der Waals surface area contributed by atoms with Crippen molar-refractivity contribution in [2.45, 2.75) is 57.2 Å². The molecule has 4 N–H and O–H groups in total. The van der Waals surface area contributed by atoms with E-state index in [1.807, 2.05) is 29.3 Å². The molecule has 10 heteroatoms. The van der Waals surface area contributed by atoms with Crippen molar-refractivity contribution in [3.8, 4) is 0 Å². The van der Waals surface area contributed by atoms with Crippen LogP contribution in [-0.4, -0.2) is 11.4 Å². The largest absolute Gasteiger partial charge is 0.307 e. The topological polar surface area (TPSA) is 114 Å². The number of fused-ring (bicyclic) bond motifs is 1. The van der Waals surface area contributed by atoms with E-state index in [9.17, 15) is 0 Å². The number of nitrogens with one attached hydrogen (secondary N) is 2. The second-order valence-electron chi connectivity index (χ2n) is 8.22. The molecule has 1 fully saturated rings. The number of azide groups is 1. The Morgan fingerprint density at radius 1 is 1.09 bits per heavy atom. The Balaban J connectivity index is 1.58. The van der Waals surface area contributed by atoms with E-state index in [0.717, 1.165) is 48.3 Å². The Labute approximate surface area is 197 Å². The zero-order chi connectivity index (χ0) is 22.6. The fraction of sp³-hybridized carbons (Fsp3) is 0.409. The molecule has 2 aromatic rings. The Hall–Kier alpha value is -2.48. The van der Waals surface area contributed by atoms with Gasteiger partial charge in [-0.3, -0.25) is 5.01 Å². The number of benzene rings is 2.